The number of aryl methyl sites for hydroxylation is 4. The lowest BCUT2D eigenvalue weighted by Crippen LogP contribution is -2.06. The third kappa shape index (κ3) is 2.90. The van der Waals surface area contributed by atoms with Crippen molar-refractivity contribution >= 4 is 27.3 Å². The van der Waals surface area contributed by atoms with Gasteiger partial charge in [-0.05, 0) is 36.2 Å². The van der Waals surface area contributed by atoms with Crippen LogP contribution in [0.15, 0.2) is 4.47 Å². The first-order valence-corrected chi connectivity index (χ1v) is 7.87. The van der Waals surface area contributed by atoms with Crippen molar-refractivity contribution in [2.24, 2.45) is 7.05 Å². The molecule has 4 nitrogen and oxygen atoms in total. The molecular weight excluding hydrogens is 326 g/mol. The summed E-state index contributed by atoms with van der Waals surface area (Å²) in [6.07, 6.45) is 0.901. The summed E-state index contributed by atoms with van der Waals surface area (Å²) in [5.74, 6) is 0. The van der Waals surface area contributed by atoms with Gasteiger partial charge in [-0.15, -0.1) is 11.3 Å². The first-order chi connectivity index (χ1) is 8.93. The molecule has 0 aliphatic heterocycles. The van der Waals surface area contributed by atoms with Gasteiger partial charge in [0, 0.05) is 13.5 Å². The second-order valence-electron chi connectivity index (χ2n) is 4.59. The Labute approximate surface area is 125 Å². The predicted octanol–water partition coefficient (Wildman–Crippen LogP) is 3.09. The maximum atomic E-state index is 10.4. The van der Waals surface area contributed by atoms with Gasteiger partial charge in [-0.3, -0.25) is 4.68 Å². The summed E-state index contributed by atoms with van der Waals surface area (Å²) >= 11 is 5.14. The highest BCUT2D eigenvalue weighted by atomic mass is 79.9. The molecule has 0 aromatic carbocycles. The third-order valence-corrected chi connectivity index (χ3v) is 5.22. The molecule has 0 fully saturated rings. The van der Waals surface area contributed by atoms with Crippen molar-refractivity contribution in [3.05, 3.63) is 31.4 Å². The second kappa shape index (κ2) is 5.73. The van der Waals surface area contributed by atoms with Crippen molar-refractivity contribution in [1.82, 2.24) is 14.8 Å². The topological polar surface area (TPSA) is 50.9 Å². The van der Waals surface area contributed by atoms with E-state index in [1.54, 1.807) is 11.3 Å². The van der Waals surface area contributed by atoms with Crippen molar-refractivity contribution in [2.45, 2.75) is 39.7 Å². The summed E-state index contributed by atoms with van der Waals surface area (Å²) in [7, 11) is 1.91. The molecule has 0 saturated carbocycles. The van der Waals surface area contributed by atoms with Crippen LogP contribution in [0.4, 0.5) is 0 Å². The number of aliphatic hydroxyl groups is 1. The Morgan fingerprint density at radius 2 is 2.11 bits per heavy atom. The van der Waals surface area contributed by atoms with Crippen LogP contribution in [0.25, 0.3) is 0 Å². The lowest BCUT2D eigenvalue weighted by molar-refractivity contribution is 0.178. The molecule has 104 valence electrons. The Hall–Kier alpha value is -0.720. The first-order valence-electron chi connectivity index (χ1n) is 6.26. The van der Waals surface area contributed by atoms with Gasteiger partial charge in [0.1, 0.15) is 0 Å². The van der Waals surface area contributed by atoms with Gasteiger partial charge in [0.25, 0.3) is 0 Å². The molecule has 0 aliphatic rings. The first kappa shape index (κ1) is 14.7. The van der Waals surface area contributed by atoms with Crippen LogP contribution in [0.1, 0.15) is 40.0 Å². The van der Waals surface area contributed by atoms with Gasteiger partial charge in [-0.1, -0.05) is 6.92 Å². The molecule has 0 saturated heterocycles. The third-order valence-electron chi connectivity index (χ3n) is 3.13. The standard InChI is InChI=1S/C13H18BrN3OS/c1-5-9-12(14)10(17(4)16-9)6-11(18)13-7(2)15-8(3)19-13/h11,18H,5-6H2,1-4H3. The van der Waals surface area contributed by atoms with Crippen LogP contribution < -0.4 is 0 Å². The minimum absolute atomic E-state index is 0.525. The molecule has 1 atom stereocenters. The Kier molecular flexibility index (Phi) is 4.43. The zero-order chi connectivity index (χ0) is 14.2. The largest absolute Gasteiger partial charge is 0.387 e. The molecule has 2 aromatic heterocycles. The molecule has 2 rings (SSSR count). The molecule has 0 bridgehead atoms. The minimum Gasteiger partial charge on any atom is -0.387 e. The van der Waals surface area contributed by atoms with Crippen LogP contribution in [0.3, 0.4) is 0 Å². The van der Waals surface area contributed by atoms with Crippen molar-refractivity contribution in [1.29, 1.82) is 0 Å². The highest BCUT2D eigenvalue weighted by Crippen LogP contribution is 2.30. The number of hydrogen-bond donors (Lipinski definition) is 1. The number of thiazole rings is 1. The molecular formula is C13H18BrN3OS. The lowest BCUT2D eigenvalue weighted by Gasteiger charge is -2.10. The van der Waals surface area contributed by atoms with E-state index in [0.717, 1.165) is 37.9 Å². The van der Waals surface area contributed by atoms with Gasteiger partial charge in [-0.25, -0.2) is 4.98 Å². The van der Waals surface area contributed by atoms with E-state index < -0.39 is 6.10 Å². The Morgan fingerprint density at radius 3 is 2.58 bits per heavy atom. The average Bonchev–Trinajstić information content (AvgIpc) is 2.82. The summed E-state index contributed by atoms with van der Waals surface area (Å²) in [6, 6.07) is 0. The second-order valence-corrected chi connectivity index (χ2v) is 6.61. The van der Waals surface area contributed by atoms with Crippen molar-refractivity contribution in [2.75, 3.05) is 0 Å². The van der Waals surface area contributed by atoms with Crippen LogP contribution in [-0.4, -0.2) is 19.9 Å². The molecule has 1 unspecified atom stereocenters. The number of halogens is 1. The van der Waals surface area contributed by atoms with Gasteiger partial charge in [-0.2, -0.15) is 5.10 Å². The molecule has 0 spiro atoms. The summed E-state index contributed by atoms with van der Waals surface area (Å²) in [5, 5.41) is 15.8. The van der Waals surface area contributed by atoms with Crippen LogP contribution >= 0.6 is 27.3 Å². The van der Waals surface area contributed by atoms with E-state index in [1.165, 1.54) is 0 Å². The van der Waals surface area contributed by atoms with Crippen LogP contribution in [0.2, 0.25) is 0 Å². The van der Waals surface area contributed by atoms with E-state index in [-0.39, 0.29) is 0 Å². The molecule has 0 aliphatic carbocycles. The number of hydrogen-bond acceptors (Lipinski definition) is 4. The van der Waals surface area contributed by atoms with Crippen LogP contribution in [0.5, 0.6) is 0 Å². The number of nitrogens with zero attached hydrogens (tertiary/aromatic N) is 3. The Morgan fingerprint density at radius 1 is 1.42 bits per heavy atom. The van der Waals surface area contributed by atoms with E-state index >= 15 is 0 Å². The summed E-state index contributed by atoms with van der Waals surface area (Å²) in [4.78, 5) is 5.31. The van der Waals surface area contributed by atoms with Gasteiger partial charge in [0.15, 0.2) is 0 Å². The number of aliphatic hydroxyl groups excluding tert-OH is 1. The normalized spacial score (nSPS) is 12.9. The van der Waals surface area contributed by atoms with Gasteiger partial charge < -0.3 is 5.11 Å². The summed E-state index contributed by atoms with van der Waals surface area (Å²) in [6.45, 7) is 5.98. The van der Waals surface area contributed by atoms with E-state index in [9.17, 15) is 5.11 Å². The fourth-order valence-corrected chi connectivity index (χ4v) is 3.87. The number of aromatic nitrogens is 3. The monoisotopic (exact) mass is 343 g/mol. The molecule has 19 heavy (non-hydrogen) atoms. The maximum Gasteiger partial charge on any atom is 0.0956 e. The van der Waals surface area contributed by atoms with Crippen molar-refractivity contribution in [3.8, 4) is 0 Å². The zero-order valence-corrected chi connectivity index (χ0v) is 14.0. The molecule has 6 heteroatoms. The SMILES string of the molecule is CCc1nn(C)c(CC(O)c2sc(C)nc2C)c1Br. The Bertz CT molecular complexity index is 591. The summed E-state index contributed by atoms with van der Waals surface area (Å²) < 4.78 is 2.85. The molecule has 2 aromatic rings. The van der Waals surface area contributed by atoms with Gasteiger partial charge >= 0.3 is 0 Å². The van der Waals surface area contributed by atoms with Crippen molar-refractivity contribution < 1.29 is 5.11 Å². The Balaban J connectivity index is 2.26. The van der Waals surface area contributed by atoms with E-state index in [4.69, 9.17) is 0 Å². The molecule has 1 N–H and O–H groups in total. The van der Waals surface area contributed by atoms with Crippen LogP contribution in [-0.2, 0) is 19.9 Å². The highest BCUT2D eigenvalue weighted by Gasteiger charge is 2.20. The maximum absolute atomic E-state index is 10.4. The smallest absolute Gasteiger partial charge is 0.0956 e. The van der Waals surface area contributed by atoms with E-state index in [0.29, 0.717) is 6.42 Å². The lowest BCUT2D eigenvalue weighted by atomic mass is 10.1. The molecule has 0 radical (unpaired) electrons. The predicted molar refractivity (Wildman–Crippen MR) is 80.5 cm³/mol. The fourth-order valence-electron chi connectivity index (χ4n) is 2.17. The van der Waals surface area contributed by atoms with Crippen LogP contribution in [0, 0.1) is 13.8 Å². The zero-order valence-electron chi connectivity index (χ0n) is 11.6. The van der Waals surface area contributed by atoms with Gasteiger partial charge in [0.2, 0.25) is 0 Å². The number of rotatable bonds is 4. The van der Waals surface area contributed by atoms with E-state index in [1.807, 2.05) is 25.6 Å². The molecule has 2 heterocycles. The fraction of sp³-hybridized carbons (Fsp3) is 0.538. The minimum atomic E-state index is -0.525. The van der Waals surface area contributed by atoms with Gasteiger partial charge in [0.05, 0.1) is 37.5 Å². The summed E-state index contributed by atoms with van der Waals surface area (Å²) in [5.41, 5.74) is 2.97. The average molecular weight is 344 g/mol. The highest BCUT2D eigenvalue weighted by molar-refractivity contribution is 9.10. The van der Waals surface area contributed by atoms with Crippen molar-refractivity contribution in [3.63, 3.8) is 0 Å². The quantitative estimate of drug-likeness (QED) is 0.927. The molecule has 0 amide bonds. The van der Waals surface area contributed by atoms with E-state index in [2.05, 4.69) is 32.9 Å².